The van der Waals surface area contributed by atoms with Crippen LogP contribution in [0.3, 0.4) is 0 Å². The van der Waals surface area contributed by atoms with E-state index in [1.807, 2.05) is 49.3 Å². The minimum Gasteiger partial charge on any atom is -0.378 e. The first-order chi connectivity index (χ1) is 10.6. The quantitative estimate of drug-likeness (QED) is 0.432. The molecule has 0 unspecified atom stereocenters. The Morgan fingerprint density at radius 2 is 1.73 bits per heavy atom. The number of nitrogens with zero attached hydrogens (tertiary/aromatic N) is 2. The molecular formula is C18H15N3O. The maximum atomic E-state index is 12.2. The smallest absolute Gasteiger partial charge is 0.257 e. The second-order valence-corrected chi connectivity index (χ2v) is 5.66. The third-order valence-electron chi connectivity index (χ3n) is 4.01. The molecule has 108 valence electrons. The van der Waals surface area contributed by atoms with E-state index in [4.69, 9.17) is 0 Å². The Bertz CT molecular complexity index is 1080. The molecule has 4 nitrogen and oxygen atoms in total. The highest BCUT2D eigenvalue weighted by Gasteiger charge is 2.08. The second kappa shape index (κ2) is 4.56. The normalized spacial score (nSPS) is 11.4. The van der Waals surface area contributed by atoms with Crippen LogP contribution in [0.15, 0.2) is 53.3 Å². The van der Waals surface area contributed by atoms with Gasteiger partial charge in [0.15, 0.2) is 0 Å². The van der Waals surface area contributed by atoms with Crippen molar-refractivity contribution in [3.63, 3.8) is 0 Å². The van der Waals surface area contributed by atoms with Crippen LogP contribution in [-0.4, -0.2) is 24.1 Å². The standard InChI is InChI=1S/C18H15N3O/c1-21(2)12-8-7-11-9-15-13-5-3-4-6-14(13)18(22)20-17(15)19-16(11)10-12/h3-10H,1-2H3,(H,19,20,22). The molecule has 0 aliphatic heterocycles. The summed E-state index contributed by atoms with van der Waals surface area (Å²) >= 11 is 0. The van der Waals surface area contributed by atoms with E-state index in [2.05, 4.69) is 28.2 Å². The van der Waals surface area contributed by atoms with Crippen LogP contribution in [0.4, 0.5) is 5.69 Å². The fourth-order valence-corrected chi connectivity index (χ4v) is 2.83. The Labute approximate surface area is 127 Å². The second-order valence-electron chi connectivity index (χ2n) is 5.66. The number of hydrogen-bond acceptors (Lipinski definition) is 3. The van der Waals surface area contributed by atoms with E-state index in [-0.39, 0.29) is 5.56 Å². The number of aromatic amines is 1. The van der Waals surface area contributed by atoms with E-state index in [1.165, 1.54) is 0 Å². The molecule has 2 aromatic carbocycles. The molecule has 2 aromatic heterocycles. The summed E-state index contributed by atoms with van der Waals surface area (Å²) < 4.78 is 0. The van der Waals surface area contributed by atoms with Crippen LogP contribution < -0.4 is 10.5 Å². The fourth-order valence-electron chi connectivity index (χ4n) is 2.83. The summed E-state index contributed by atoms with van der Waals surface area (Å²) in [6.07, 6.45) is 0. The first-order valence-corrected chi connectivity index (χ1v) is 7.16. The largest absolute Gasteiger partial charge is 0.378 e. The van der Waals surface area contributed by atoms with Gasteiger partial charge < -0.3 is 9.88 Å². The lowest BCUT2D eigenvalue weighted by Crippen LogP contribution is -2.09. The molecule has 0 aliphatic carbocycles. The van der Waals surface area contributed by atoms with E-state index in [0.717, 1.165) is 27.4 Å². The lowest BCUT2D eigenvalue weighted by Gasteiger charge is -2.13. The molecule has 0 saturated carbocycles. The molecule has 0 amide bonds. The van der Waals surface area contributed by atoms with Crippen LogP contribution in [0, 0.1) is 0 Å². The summed E-state index contributed by atoms with van der Waals surface area (Å²) in [4.78, 5) is 21.8. The van der Waals surface area contributed by atoms with Crippen LogP contribution in [0.2, 0.25) is 0 Å². The Morgan fingerprint density at radius 3 is 2.50 bits per heavy atom. The zero-order valence-electron chi connectivity index (χ0n) is 12.4. The number of H-pyrrole nitrogens is 1. The van der Waals surface area contributed by atoms with Gasteiger partial charge in [0.2, 0.25) is 0 Å². The molecule has 0 atom stereocenters. The van der Waals surface area contributed by atoms with Crippen molar-refractivity contribution >= 4 is 38.4 Å². The minimum atomic E-state index is -0.0984. The molecule has 4 rings (SSSR count). The molecular weight excluding hydrogens is 274 g/mol. The van der Waals surface area contributed by atoms with Crippen molar-refractivity contribution in [3.05, 3.63) is 58.9 Å². The maximum Gasteiger partial charge on any atom is 0.257 e. The van der Waals surface area contributed by atoms with Gasteiger partial charge in [-0.2, -0.15) is 0 Å². The van der Waals surface area contributed by atoms with Gasteiger partial charge in [-0.05, 0) is 29.7 Å². The van der Waals surface area contributed by atoms with Crippen molar-refractivity contribution in [1.29, 1.82) is 0 Å². The van der Waals surface area contributed by atoms with Crippen molar-refractivity contribution in [2.45, 2.75) is 0 Å². The predicted molar refractivity (Wildman–Crippen MR) is 91.7 cm³/mol. The number of benzene rings is 2. The van der Waals surface area contributed by atoms with Gasteiger partial charge in [0.25, 0.3) is 5.56 Å². The summed E-state index contributed by atoms with van der Waals surface area (Å²) in [7, 11) is 4.00. The van der Waals surface area contributed by atoms with Crippen molar-refractivity contribution in [2.24, 2.45) is 0 Å². The van der Waals surface area contributed by atoms with Gasteiger partial charge in [-0.1, -0.05) is 24.3 Å². The highest BCUT2D eigenvalue weighted by Crippen LogP contribution is 2.26. The molecule has 0 radical (unpaired) electrons. The molecule has 0 fully saturated rings. The molecule has 0 saturated heterocycles. The number of hydrogen-bond donors (Lipinski definition) is 1. The summed E-state index contributed by atoms with van der Waals surface area (Å²) in [6.45, 7) is 0. The van der Waals surface area contributed by atoms with Gasteiger partial charge in [-0.25, -0.2) is 4.98 Å². The van der Waals surface area contributed by atoms with Crippen LogP contribution in [0.1, 0.15) is 0 Å². The number of rotatable bonds is 1. The van der Waals surface area contributed by atoms with E-state index in [9.17, 15) is 4.79 Å². The van der Waals surface area contributed by atoms with Crippen LogP contribution in [0.25, 0.3) is 32.7 Å². The van der Waals surface area contributed by atoms with Crippen molar-refractivity contribution < 1.29 is 0 Å². The summed E-state index contributed by atoms with van der Waals surface area (Å²) in [5, 5.41) is 3.67. The molecule has 0 aliphatic rings. The predicted octanol–water partition coefficient (Wildman–Crippen LogP) is 3.30. The average Bonchev–Trinajstić information content (AvgIpc) is 2.53. The Balaban J connectivity index is 2.15. The topological polar surface area (TPSA) is 49.0 Å². The number of nitrogens with one attached hydrogen (secondary N) is 1. The molecule has 4 heteroatoms. The third kappa shape index (κ3) is 1.84. The SMILES string of the molecule is CN(C)c1ccc2cc3c(nc2c1)[nH]c(=O)c1ccccc13. The zero-order valence-corrected chi connectivity index (χ0v) is 12.4. The fraction of sp³-hybridized carbons (Fsp3) is 0.111. The van der Waals surface area contributed by atoms with Crippen molar-refractivity contribution in [2.75, 3.05) is 19.0 Å². The monoisotopic (exact) mass is 289 g/mol. The highest BCUT2D eigenvalue weighted by molar-refractivity contribution is 6.07. The molecule has 4 aromatic rings. The first kappa shape index (κ1) is 12.8. The van der Waals surface area contributed by atoms with Gasteiger partial charge in [-0.15, -0.1) is 0 Å². The third-order valence-corrected chi connectivity index (χ3v) is 4.01. The lowest BCUT2D eigenvalue weighted by molar-refractivity contribution is 1.13. The van der Waals surface area contributed by atoms with Crippen molar-refractivity contribution in [3.8, 4) is 0 Å². The average molecular weight is 289 g/mol. The number of fused-ring (bicyclic) bond motifs is 4. The summed E-state index contributed by atoms with van der Waals surface area (Å²) in [6, 6.07) is 15.9. The van der Waals surface area contributed by atoms with Gasteiger partial charge in [0.1, 0.15) is 5.65 Å². The molecule has 0 bridgehead atoms. The van der Waals surface area contributed by atoms with E-state index in [1.54, 1.807) is 0 Å². The van der Waals surface area contributed by atoms with Gasteiger partial charge in [-0.3, -0.25) is 4.79 Å². The zero-order chi connectivity index (χ0) is 15.3. The highest BCUT2D eigenvalue weighted by atomic mass is 16.1. The molecule has 22 heavy (non-hydrogen) atoms. The number of anilines is 1. The molecule has 0 spiro atoms. The molecule has 1 N–H and O–H groups in total. The number of aromatic nitrogens is 2. The Kier molecular flexibility index (Phi) is 2.66. The minimum absolute atomic E-state index is 0.0984. The van der Waals surface area contributed by atoms with Gasteiger partial charge in [0.05, 0.1) is 5.52 Å². The Morgan fingerprint density at radius 1 is 0.955 bits per heavy atom. The van der Waals surface area contributed by atoms with E-state index in [0.29, 0.717) is 11.0 Å². The van der Waals surface area contributed by atoms with Crippen molar-refractivity contribution in [1.82, 2.24) is 9.97 Å². The van der Waals surface area contributed by atoms with E-state index >= 15 is 0 Å². The maximum absolute atomic E-state index is 12.2. The van der Waals surface area contributed by atoms with Gasteiger partial charge in [0, 0.05) is 35.9 Å². The lowest BCUT2D eigenvalue weighted by atomic mass is 10.1. The molecule has 2 heterocycles. The van der Waals surface area contributed by atoms with Gasteiger partial charge >= 0.3 is 0 Å². The van der Waals surface area contributed by atoms with Crippen LogP contribution >= 0.6 is 0 Å². The van der Waals surface area contributed by atoms with E-state index < -0.39 is 0 Å². The first-order valence-electron chi connectivity index (χ1n) is 7.16. The summed E-state index contributed by atoms with van der Waals surface area (Å²) in [5.41, 5.74) is 2.50. The summed E-state index contributed by atoms with van der Waals surface area (Å²) in [5.74, 6) is 0. The van der Waals surface area contributed by atoms with Crippen LogP contribution in [-0.2, 0) is 0 Å². The Hall–Kier alpha value is -2.88. The van der Waals surface area contributed by atoms with Crippen LogP contribution in [0.5, 0.6) is 0 Å². The number of pyridine rings is 2.